The largest absolute Gasteiger partial charge is 0.373 e. The molecule has 0 amide bonds. The van der Waals surface area contributed by atoms with Gasteiger partial charge in [0.2, 0.25) is 0 Å². The molecular formula is C15H23N5O. The predicted octanol–water partition coefficient (Wildman–Crippen LogP) is 1.19. The molecule has 1 fully saturated rings. The summed E-state index contributed by atoms with van der Waals surface area (Å²) in [5.41, 5.74) is 7.86. The van der Waals surface area contributed by atoms with Crippen LogP contribution in [0.1, 0.15) is 26.5 Å². The van der Waals surface area contributed by atoms with Gasteiger partial charge < -0.3 is 15.4 Å². The molecule has 1 aliphatic rings. The van der Waals surface area contributed by atoms with E-state index in [0.29, 0.717) is 13.2 Å². The first-order valence-corrected chi connectivity index (χ1v) is 7.40. The summed E-state index contributed by atoms with van der Waals surface area (Å²) in [5, 5.41) is 4.67. The zero-order valence-electron chi connectivity index (χ0n) is 12.9. The second-order valence-corrected chi connectivity index (χ2v) is 6.53. The van der Waals surface area contributed by atoms with Crippen LogP contribution in [0.2, 0.25) is 0 Å². The summed E-state index contributed by atoms with van der Waals surface area (Å²) in [5.74, 6) is 0.960. The molecule has 0 spiro atoms. The second kappa shape index (κ2) is 5.27. The average molecular weight is 289 g/mol. The summed E-state index contributed by atoms with van der Waals surface area (Å²) in [6, 6.07) is 2.13. The van der Waals surface area contributed by atoms with E-state index in [1.807, 2.05) is 10.7 Å². The molecule has 0 aromatic carbocycles. The van der Waals surface area contributed by atoms with Crippen molar-refractivity contribution in [1.29, 1.82) is 0 Å². The number of nitrogens with zero attached hydrogens (tertiary/aromatic N) is 4. The Kier molecular flexibility index (Phi) is 3.59. The predicted molar refractivity (Wildman–Crippen MR) is 82.7 cm³/mol. The quantitative estimate of drug-likeness (QED) is 0.899. The minimum absolute atomic E-state index is 0.0219. The average Bonchev–Trinajstić information content (AvgIpc) is 2.91. The van der Waals surface area contributed by atoms with Crippen molar-refractivity contribution in [1.82, 2.24) is 14.6 Å². The number of morpholine rings is 1. The first-order chi connectivity index (χ1) is 9.99. The normalized spacial score (nSPS) is 20.2. The van der Waals surface area contributed by atoms with E-state index in [0.717, 1.165) is 30.1 Å². The lowest BCUT2D eigenvalue weighted by molar-refractivity contribution is 0.0464. The van der Waals surface area contributed by atoms with Gasteiger partial charge >= 0.3 is 0 Å². The number of rotatable bonds is 2. The molecule has 114 valence electrons. The van der Waals surface area contributed by atoms with Gasteiger partial charge in [-0.1, -0.05) is 20.8 Å². The van der Waals surface area contributed by atoms with Crippen LogP contribution in [0.15, 0.2) is 18.5 Å². The van der Waals surface area contributed by atoms with E-state index in [1.54, 1.807) is 6.20 Å². The summed E-state index contributed by atoms with van der Waals surface area (Å²) in [4.78, 5) is 6.80. The van der Waals surface area contributed by atoms with E-state index >= 15 is 0 Å². The molecule has 6 heteroatoms. The Morgan fingerprint density at radius 3 is 2.95 bits per heavy atom. The first-order valence-electron chi connectivity index (χ1n) is 7.40. The zero-order chi connectivity index (χ0) is 15.0. The Morgan fingerprint density at radius 1 is 1.43 bits per heavy atom. The zero-order valence-corrected chi connectivity index (χ0v) is 12.9. The minimum Gasteiger partial charge on any atom is -0.373 e. The van der Waals surface area contributed by atoms with Gasteiger partial charge in [0.25, 0.3) is 0 Å². The number of ether oxygens (including phenoxy) is 1. The van der Waals surface area contributed by atoms with Crippen LogP contribution in [-0.2, 0) is 10.2 Å². The maximum atomic E-state index is 5.73. The van der Waals surface area contributed by atoms with Crippen LogP contribution in [0, 0.1) is 0 Å². The summed E-state index contributed by atoms with van der Waals surface area (Å²) in [6.07, 6.45) is 3.77. The molecule has 1 atom stereocenters. The Labute approximate surface area is 124 Å². The van der Waals surface area contributed by atoms with Crippen LogP contribution < -0.4 is 10.6 Å². The summed E-state index contributed by atoms with van der Waals surface area (Å²) in [6.45, 7) is 9.33. The monoisotopic (exact) mass is 289 g/mol. The molecule has 1 aliphatic heterocycles. The maximum absolute atomic E-state index is 5.73. The van der Waals surface area contributed by atoms with Crippen LogP contribution in [0.5, 0.6) is 0 Å². The summed E-state index contributed by atoms with van der Waals surface area (Å²) >= 11 is 0. The van der Waals surface area contributed by atoms with Crippen molar-refractivity contribution in [2.75, 3.05) is 31.1 Å². The van der Waals surface area contributed by atoms with Gasteiger partial charge in [0.1, 0.15) is 5.52 Å². The van der Waals surface area contributed by atoms with Crippen molar-refractivity contribution >= 4 is 11.3 Å². The molecule has 1 saturated heterocycles. The van der Waals surface area contributed by atoms with Gasteiger partial charge in [-0.05, 0) is 6.07 Å². The molecule has 2 N–H and O–H groups in total. The lowest BCUT2D eigenvalue weighted by atomic mass is 9.92. The third-order valence-electron chi connectivity index (χ3n) is 3.84. The van der Waals surface area contributed by atoms with Crippen LogP contribution in [0.3, 0.4) is 0 Å². The van der Waals surface area contributed by atoms with Gasteiger partial charge in [-0.15, -0.1) is 0 Å². The van der Waals surface area contributed by atoms with E-state index in [1.165, 1.54) is 0 Å². The molecule has 21 heavy (non-hydrogen) atoms. The standard InChI is InChI=1S/C15H23N5O/c1-15(2,3)13-8-12-14(17-4-5-20(12)18-13)19-6-7-21-11(9-16)10-19/h4-5,8,11H,6-7,9-10,16H2,1-3H3. The lowest BCUT2D eigenvalue weighted by Crippen LogP contribution is -2.46. The van der Waals surface area contributed by atoms with E-state index in [2.05, 4.69) is 41.8 Å². The van der Waals surface area contributed by atoms with Crippen LogP contribution in [0.4, 0.5) is 5.82 Å². The molecule has 2 aromatic rings. The van der Waals surface area contributed by atoms with Crippen molar-refractivity contribution in [3.8, 4) is 0 Å². The maximum Gasteiger partial charge on any atom is 0.154 e. The molecule has 0 radical (unpaired) electrons. The number of fused-ring (bicyclic) bond motifs is 1. The molecular weight excluding hydrogens is 266 g/mol. The van der Waals surface area contributed by atoms with Crippen LogP contribution >= 0.6 is 0 Å². The fourth-order valence-corrected chi connectivity index (χ4v) is 2.57. The minimum atomic E-state index is 0.0219. The molecule has 0 bridgehead atoms. The highest BCUT2D eigenvalue weighted by atomic mass is 16.5. The van der Waals surface area contributed by atoms with E-state index in [9.17, 15) is 0 Å². The molecule has 0 aliphatic carbocycles. The molecule has 3 heterocycles. The number of nitrogens with two attached hydrogens (primary N) is 1. The molecule has 1 unspecified atom stereocenters. The Balaban J connectivity index is 2.00. The van der Waals surface area contributed by atoms with Crippen LogP contribution in [-0.4, -0.2) is 46.9 Å². The molecule has 3 rings (SSSR count). The Bertz CT molecular complexity index is 631. The lowest BCUT2D eigenvalue weighted by Gasteiger charge is -2.33. The highest BCUT2D eigenvalue weighted by Gasteiger charge is 2.24. The number of anilines is 1. The van der Waals surface area contributed by atoms with Gasteiger partial charge in [0.15, 0.2) is 5.82 Å². The molecule has 0 saturated carbocycles. The second-order valence-electron chi connectivity index (χ2n) is 6.53. The van der Waals surface area contributed by atoms with Crippen molar-refractivity contribution in [2.45, 2.75) is 32.3 Å². The van der Waals surface area contributed by atoms with Gasteiger partial charge in [0, 0.05) is 37.4 Å². The fraction of sp³-hybridized carbons (Fsp3) is 0.600. The van der Waals surface area contributed by atoms with E-state index in [4.69, 9.17) is 10.5 Å². The van der Waals surface area contributed by atoms with Crippen molar-refractivity contribution in [3.05, 3.63) is 24.2 Å². The van der Waals surface area contributed by atoms with Gasteiger partial charge in [0.05, 0.1) is 18.4 Å². The van der Waals surface area contributed by atoms with Crippen molar-refractivity contribution in [2.24, 2.45) is 5.73 Å². The van der Waals surface area contributed by atoms with E-state index in [-0.39, 0.29) is 11.5 Å². The van der Waals surface area contributed by atoms with Gasteiger partial charge in [-0.2, -0.15) is 5.10 Å². The fourth-order valence-electron chi connectivity index (χ4n) is 2.57. The summed E-state index contributed by atoms with van der Waals surface area (Å²) in [7, 11) is 0. The molecule has 6 nitrogen and oxygen atoms in total. The SMILES string of the molecule is CC(C)(C)c1cc2c(N3CCOC(CN)C3)nccn2n1. The number of hydrogen-bond acceptors (Lipinski definition) is 5. The van der Waals surface area contributed by atoms with E-state index < -0.39 is 0 Å². The van der Waals surface area contributed by atoms with Gasteiger partial charge in [-0.25, -0.2) is 9.50 Å². The Morgan fingerprint density at radius 2 is 2.24 bits per heavy atom. The number of aromatic nitrogens is 3. The van der Waals surface area contributed by atoms with Crippen molar-refractivity contribution in [3.63, 3.8) is 0 Å². The number of hydrogen-bond donors (Lipinski definition) is 1. The third kappa shape index (κ3) is 2.73. The summed E-state index contributed by atoms with van der Waals surface area (Å²) < 4.78 is 7.55. The van der Waals surface area contributed by atoms with Crippen LogP contribution in [0.25, 0.3) is 5.52 Å². The first kappa shape index (κ1) is 14.3. The topological polar surface area (TPSA) is 68.7 Å². The highest BCUT2D eigenvalue weighted by Crippen LogP contribution is 2.27. The van der Waals surface area contributed by atoms with Gasteiger partial charge in [-0.3, -0.25) is 0 Å². The highest BCUT2D eigenvalue weighted by molar-refractivity contribution is 5.69. The smallest absolute Gasteiger partial charge is 0.154 e. The molecule has 2 aromatic heterocycles. The Hall–Kier alpha value is -1.66. The van der Waals surface area contributed by atoms with Crippen molar-refractivity contribution < 1.29 is 4.74 Å². The third-order valence-corrected chi connectivity index (χ3v) is 3.84.